The van der Waals surface area contributed by atoms with Crippen molar-refractivity contribution >= 4 is 22.9 Å². The number of para-hydroxylation sites is 1. The Hall–Kier alpha value is -2.16. The van der Waals surface area contributed by atoms with Gasteiger partial charge >= 0.3 is 5.97 Å². The van der Waals surface area contributed by atoms with Crippen molar-refractivity contribution < 1.29 is 9.90 Å². The topological polar surface area (TPSA) is 50.2 Å². The summed E-state index contributed by atoms with van der Waals surface area (Å²) in [5.41, 5.74) is 1.69. The van der Waals surface area contributed by atoms with Crippen LogP contribution in [-0.4, -0.2) is 16.1 Å². The van der Waals surface area contributed by atoms with Crippen LogP contribution in [0.3, 0.4) is 0 Å². The fourth-order valence-electron chi connectivity index (χ4n) is 1.46. The number of pyridine rings is 1. The maximum atomic E-state index is 10.3. The number of rotatable bonds is 3. The predicted molar refractivity (Wildman–Crippen MR) is 63.0 cm³/mol. The smallest absolute Gasteiger partial charge is 0.307 e. The minimum absolute atomic E-state index is 0.0223. The van der Waals surface area contributed by atoms with Crippen molar-refractivity contribution in [2.45, 2.75) is 6.42 Å². The van der Waals surface area contributed by atoms with E-state index < -0.39 is 5.97 Å². The van der Waals surface area contributed by atoms with Gasteiger partial charge in [0.2, 0.25) is 0 Å². The van der Waals surface area contributed by atoms with Crippen LogP contribution in [0.4, 0.5) is 0 Å². The minimum atomic E-state index is -0.836. The number of carboxylic acid groups (broad SMARTS) is 1. The van der Waals surface area contributed by atoms with Gasteiger partial charge in [0.05, 0.1) is 17.6 Å². The van der Waals surface area contributed by atoms with E-state index in [0.717, 1.165) is 16.6 Å². The highest BCUT2D eigenvalue weighted by atomic mass is 16.4. The molecule has 0 atom stereocenters. The van der Waals surface area contributed by atoms with E-state index in [1.165, 1.54) is 0 Å². The van der Waals surface area contributed by atoms with E-state index in [4.69, 9.17) is 5.11 Å². The van der Waals surface area contributed by atoms with Gasteiger partial charge in [-0.1, -0.05) is 30.3 Å². The average Bonchev–Trinajstić information content (AvgIpc) is 2.28. The first-order valence-corrected chi connectivity index (χ1v) is 5.00. The largest absolute Gasteiger partial charge is 0.481 e. The van der Waals surface area contributed by atoms with Crippen molar-refractivity contribution in [1.29, 1.82) is 0 Å². The van der Waals surface area contributed by atoms with Crippen LogP contribution in [-0.2, 0) is 4.79 Å². The second-order valence-corrected chi connectivity index (χ2v) is 3.43. The van der Waals surface area contributed by atoms with Gasteiger partial charge in [-0.05, 0) is 18.2 Å². The number of fused-ring (bicyclic) bond motifs is 1. The molecule has 0 unspecified atom stereocenters. The lowest BCUT2D eigenvalue weighted by Crippen LogP contribution is -1.90. The summed E-state index contributed by atoms with van der Waals surface area (Å²) in [5, 5.41) is 9.57. The highest BCUT2D eigenvalue weighted by Crippen LogP contribution is 2.12. The summed E-state index contributed by atoms with van der Waals surface area (Å²) in [6.07, 6.45) is 3.34. The predicted octanol–water partition coefficient (Wildman–Crippen LogP) is 2.72. The molecule has 1 aromatic heterocycles. The van der Waals surface area contributed by atoms with Crippen molar-refractivity contribution in [2.75, 3.05) is 0 Å². The van der Waals surface area contributed by atoms with Gasteiger partial charge in [-0.15, -0.1) is 0 Å². The van der Waals surface area contributed by atoms with E-state index >= 15 is 0 Å². The molecule has 0 fully saturated rings. The Bertz CT molecular complexity index is 546. The number of hydrogen-bond donors (Lipinski definition) is 1. The quantitative estimate of drug-likeness (QED) is 0.852. The number of nitrogens with zero attached hydrogens (tertiary/aromatic N) is 1. The molecule has 80 valence electrons. The van der Waals surface area contributed by atoms with Crippen LogP contribution < -0.4 is 0 Å². The van der Waals surface area contributed by atoms with Gasteiger partial charge in [0.15, 0.2) is 0 Å². The summed E-state index contributed by atoms with van der Waals surface area (Å²) in [5.74, 6) is -0.836. The van der Waals surface area contributed by atoms with E-state index in [1.807, 2.05) is 36.4 Å². The molecule has 3 heteroatoms. The number of aromatic nitrogens is 1. The van der Waals surface area contributed by atoms with E-state index in [2.05, 4.69) is 4.98 Å². The van der Waals surface area contributed by atoms with Gasteiger partial charge < -0.3 is 5.11 Å². The lowest BCUT2D eigenvalue weighted by molar-refractivity contribution is -0.135. The minimum Gasteiger partial charge on any atom is -0.481 e. The molecule has 0 bridgehead atoms. The van der Waals surface area contributed by atoms with Gasteiger partial charge in [-0.25, -0.2) is 4.98 Å². The number of benzene rings is 1. The number of aliphatic carboxylic acids is 1. The van der Waals surface area contributed by atoms with Crippen LogP contribution in [0.1, 0.15) is 12.1 Å². The van der Waals surface area contributed by atoms with Crippen molar-refractivity contribution in [2.24, 2.45) is 0 Å². The van der Waals surface area contributed by atoms with Crippen molar-refractivity contribution in [3.8, 4) is 0 Å². The fourth-order valence-corrected chi connectivity index (χ4v) is 1.46. The fraction of sp³-hybridized carbons (Fsp3) is 0.0769. The summed E-state index contributed by atoms with van der Waals surface area (Å²) >= 11 is 0. The highest BCUT2D eigenvalue weighted by Gasteiger charge is 1.95. The maximum Gasteiger partial charge on any atom is 0.307 e. The summed E-state index contributed by atoms with van der Waals surface area (Å²) in [4.78, 5) is 14.7. The second-order valence-electron chi connectivity index (χ2n) is 3.43. The Morgan fingerprint density at radius 2 is 2.06 bits per heavy atom. The van der Waals surface area contributed by atoms with Crippen molar-refractivity contribution in [1.82, 2.24) is 4.98 Å². The van der Waals surface area contributed by atoms with Crippen LogP contribution in [0, 0.1) is 0 Å². The molecule has 0 amide bonds. The molecule has 3 nitrogen and oxygen atoms in total. The third-order valence-corrected chi connectivity index (χ3v) is 2.20. The Kier molecular flexibility index (Phi) is 2.96. The average molecular weight is 213 g/mol. The first-order chi connectivity index (χ1) is 7.75. The first kappa shape index (κ1) is 10.4. The van der Waals surface area contributed by atoms with E-state index in [0.29, 0.717) is 0 Å². The Labute approximate surface area is 93.1 Å². The van der Waals surface area contributed by atoms with E-state index in [-0.39, 0.29) is 6.42 Å². The second kappa shape index (κ2) is 4.57. The van der Waals surface area contributed by atoms with Crippen LogP contribution in [0.5, 0.6) is 0 Å². The molecule has 2 rings (SSSR count). The van der Waals surface area contributed by atoms with Crippen LogP contribution in [0.2, 0.25) is 0 Å². The normalized spacial score (nSPS) is 11.0. The third-order valence-electron chi connectivity index (χ3n) is 2.20. The van der Waals surface area contributed by atoms with Gasteiger partial charge in [-0.2, -0.15) is 0 Å². The maximum absolute atomic E-state index is 10.3. The molecule has 0 spiro atoms. The zero-order valence-corrected chi connectivity index (χ0v) is 8.63. The van der Waals surface area contributed by atoms with E-state index in [1.54, 1.807) is 12.2 Å². The lowest BCUT2D eigenvalue weighted by atomic mass is 10.2. The Balaban J connectivity index is 2.26. The zero-order chi connectivity index (χ0) is 11.4. The molecular weight excluding hydrogens is 202 g/mol. The summed E-state index contributed by atoms with van der Waals surface area (Å²) < 4.78 is 0. The Morgan fingerprint density at radius 3 is 2.88 bits per heavy atom. The summed E-state index contributed by atoms with van der Waals surface area (Å²) in [6, 6.07) is 11.7. The third kappa shape index (κ3) is 2.45. The molecule has 0 aliphatic carbocycles. The number of hydrogen-bond acceptors (Lipinski definition) is 2. The SMILES string of the molecule is O=C(O)CC=Cc1ccc2ccccc2n1. The molecule has 2 aromatic rings. The van der Waals surface area contributed by atoms with Gasteiger partial charge in [0.25, 0.3) is 0 Å². The molecule has 0 saturated heterocycles. The first-order valence-electron chi connectivity index (χ1n) is 5.00. The number of carboxylic acids is 1. The van der Waals surface area contributed by atoms with Crippen LogP contribution in [0.25, 0.3) is 17.0 Å². The van der Waals surface area contributed by atoms with Gasteiger partial charge in [0.1, 0.15) is 0 Å². The molecule has 0 aliphatic heterocycles. The molecule has 0 radical (unpaired) electrons. The summed E-state index contributed by atoms with van der Waals surface area (Å²) in [7, 11) is 0. The standard InChI is InChI=1S/C13H11NO2/c15-13(16)7-3-5-11-9-8-10-4-1-2-6-12(10)14-11/h1-6,8-9H,7H2,(H,15,16). The zero-order valence-electron chi connectivity index (χ0n) is 8.63. The van der Waals surface area contributed by atoms with E-state index in [9.17, 15) is 4.79 Å². The van der Waals surface area contributed by atoms with Crippen molar-refractivity contribution in [3.63, 3.8) is 0 Å². The molecule has 16 heavy (non-hydrogen) atoms. The van der Waals surface area contributed by atoms with Crippen LogP contribution in [0.15, 0.2) is 42.5 Å². The van der Waals surface area contributed by atoms with Gasteiger partial charge in [0, 0.05) is 5.39 Å². The lowest BCUT2D eigenvalue weighted by Gasteiger charge is -1.97. The Morgan fingerprint density at radius 1 is 1.25 bits per heavy atom. The molecule has 0 saturated carbocycles. The molecular formula is C13H11NO2. The molecule has 0 aliphatic rings. The molecule has 1 N–H and O–H groups in total. The monoisotopic (exact) mass is 213 g/mol. The highest BCUT2D eigenvalue weighted by molar-refractivity contribution is 5.79. The number of carbonyl (C=O) groups is 1. The summed E-state index contributed by atoms with van der Waals surface area (Å²) in [6.45, 7) is 0. The molecule has 1 heterocycles. The van der Waals surface area contributed by atoms with Crippen LogP contribution >= 0.6 is 0 Å². The van der Waals surface area contributed by atoms with Gasteiger partial charge in [-0.3, -0.25) is 4.79 Å². The van der Waals surface area contributed by atoms with Crippen molar-refractivity contribution in [3.05, 3.63) is 48.2 Å². The molecule has 1 aromatic carbocycles.